The number of halogens is 2. The molecule has 0 spiro atoms. The van der Waals surface area contributed by atoms with Gasteiger partial charge in [-0.1, -0.05) is 64.7 Å². The third-order valence-corrected chi connectivity index (χ3v) is 6.37. The Labute approximate surface area is 202 Å². The van der Waals surface area contributed by atoms with E-state index in [1.807, 2.05) is 20.8 Å². The number of rotatable bonds is 2. The van der Waals surface area contributed by atoms with Crippen molar-refractivity contribution in [2.24, 2.45) is 0 Å². The van der Waals surface area contributed by atoms with E-state index in [0.717, 1.165) is 0 Å². The molecule has 0 saturated carbocycles. The Bertz CT molecular complexity index is 1370. The van der Waals surface area contributed by atoms with Crippen molar-refractivity contribution in [2.75, 3.05) is 0 Å². The van der Waals surface area contributed by atoms with Gasteiger partial charge in [-0.3, -0.25) is 14.9 Å². The molecule has 0 saturated heterocycles. The Morgan fingerprint density at radius 3 is 2.06 bits per heavy atom. The maximum Gasteiger partial charge on any atom is 0.320 e. The molecule has 0 radical (unpaired) electrons. The Morgan fingerprint density at radius 1 is 0.970 bits per heavy atom. The molecule has 0 amide bonds. The number of nitro groups is 1. The first-order valence-corrected chi connectivity index (χ1v) is 11.2. The van der Waals surface area contributed by atoms with Crippen LogP contribution < -0.4 is 5.43 Å². The van der Waals surface area contributed by atoms with Gasteiger partial charge in [0.1, 0.15) is 5.75 Å². The van der Waals surface area contributed by atoms with E-state index in [0.29, 0.717) is 27.1 Å². The minimum atomic E-state index is -0.916. The Kier molecular flexibility index (Phi) is 6.24. The van der Waals surface area contributed by atoms with Crippen molar-refractivity contribution in [2.45, 2.75) is 59.3 Å². The number of hydrogen-bond acceptors (Lipinski definition) is 5. The molecule has 3 aromatic rings. The fourth-order valence-corrected chi connectivity index (χ4v) is 4.23. The zero-order valence-electron chi connectivity index (χ0n) is 19.6. The minimum absolute atomic E-state index is 0.0463. The summed E-state index contributed by atoms with van der Waals surface area (Å²) in [7, 11) is 0. The van der Waals surface area contributed by atoms with Crippen molar-refractivity contribution in [1.82, 2.24) is 4.98 Å². The second-order valence-corrected chi connectivity index (χ2v) is 11.0. The van der Waals surface area contributed by atoms with Gasteiger partial charge in [0.2, 0.25) is 0 Å². The summed E-state index contributed by atoms with van der Waals surface area (Å²) >= 11 is 12.8. The first-order chi connectivity index (χ1) is 15.1. The molecule has 0 aliphatic carbocycles. The van der Waals surface area contributed by atoms with Gasteiger partial charge in [0.25, 0.3) is 5.43 Å². The summed E-state index contributed by atoms with van der Waals surface area (Å²) in [5.41, 5.74) is -1.36. The van der Waals surface area contributed by atoms with Crippen LogP contribution in [-0.4, -0.2) is 15.0 Å². The predicted octanol–water partition coefficient (Wildman–Crippen LogP) is 7.09. The van der Waals surface area contributed by atoms with Gasteiger partial charge in [-0.25, -0.2) is 4.98 Å². The molecule has 3 rings (SSSR count). The normalized spacial score (nSPS) is 12.3. The Hall–Kier alpha value is -2.70. The van der Waals surface area contributed by atoms with Crippen molar-refractivity contribution < 1.29 is 10.0 Å². The van der Waals surface area contributed by atoms with Crippen LogP contribution in [0.25, 0.3) is 22.2 Å². The molecule has 174 valence electrons. The second kappa shape index (κ2) is 8.26. The van der Waals surface area contributed by atoms with Crippen LogP contribution in [0.5, 0.6) is 5.75 Å². The number of aromatic hydroxyl groups is 1. The van der Waals surface area contributed by atoms with Crippen molar-refractivity contribution in [3.05, 3.63) is 71.3 Å². The van der Waals surface area contributed by atoms with E-state index in [-0.39, 0.29) is 27.6 Å². The molecule has 6 nitrogen and oxygen atoms in total. The summed E-state index contributed by atoms with van der Waals surface area (Å²) in [5.74, 6) is -0.353. The number of aromatic nitrogens is 1. The highest BCUT2D eigenvalue weighted by Gasteiger charge is 2.34. The van der Waals surface area contributed by atoms with E-state index in [1.54, 1.807) is 45.9 Å². The maximum absolute atomic E-state index is 13.7. The summed E-state index contributed by atoms with van der Waals surface area (Å²) in [6, 6.07) is 6.42. The van der Waals surface area contributed by atoms with E-state index in [1.165, 1.54) is 6.07 Å². The largest absolute Gasteiger partial charge is 0.507 e. The number of aryl methyl sites for hydroxylation is 1. The van der Waals surface area contributed by atoms with Crippen LogP contribution in [0.3, 0.4) is 0 Å². The van der Waals surface area contributed by atoms with Crippen molar-refractivity contribution in [3.63, 3.8) is 0 Å². The molecule has 1 N–H and O–H groups in total. The Morgan fingerprint density at radius 2 is 1.55 bits per heavy atom. The van der Waals surface area contributed by atoms with Gasteiger partial charge in [-0.05, 0) is 47.6 Å². The van der Waals surface area contributed by atoms with Gasteiger partial charge in [0.15, 0.2) is 0 Å². The molecule has 0 fully saturated rings. The molecule has 0 aliphatic heterocycles. The third-order valence-electron chi connectivity index (χ3n) is 5.65. The van der Waals surface area contributed by atoms with E-state index in [9.17, 15) is 20.0 Å². The molecule has 0 unspecified atom stereocenters. The number of hydrogen-bond donors (Lipinski definition) is 1. The highest BCUT2D eigenvalue weighted by atomic mass is 35.5. The molecule has 1 aromatic heterocycles. The predicted molar refractivity (Wildman–Crippen MR) is 134 cm³/mol. The number of benzene rings is 1. The lowest BCUT2D eigenvalue weighted by Gasteiger charge is -2.22. The molecule has 0 aliphatic rings. The van der Waals surface area contributed by atoms with E-state index < -0.39 is 26.9 Å². The zero-order valence-corrected chi connectivity index (χ0v) is 21.1. The quantitative estimate of drug-likeness (QED) is 0.307. The van der Waals surface area contributed by atoms with Crippen LogP contribution in [0.15, 0.2) is 29.1 Å². The Balaban J connectivity index is 2.64. The highest BCUT2D eigenvalue weighted by Crippen LogP contribution is 2.42. The lowest BCUT2D eigenvalue weighted by atomic mass is 9.82. The number of fused-ring (bicyclic) bond motifs is 1. The molecule has 2 aromatic carbocycles. The van der Waals surface area contributed by atoms with Crippen LogP contribution >= 0.6 is 23.2 Å². The van der Waals surface area contributed by atoms with Gasteiger partial charge in [-0.2, -0.15) is 0 Å². The van der Waals surface area contributed by atoms with Crippen LogP contribution in [0.1, 0.15) is 58.2 Å². The van der Waals surface area contributed by atoms with E-state index >= 15 is 0 Å². The second-order valence-electron chi connectivity index (χ2n) is 10.2. The molecular formula is C25H26Cl2N2O4. The average Bonchev–Trinajstić information content (AvgIpc) is 2.78. The highest BCUT2D eigenvalue weighted by molar-refractivity contribution is 6.37. The van der Waals surface area contributed by atoms with Crippen molar-refractivity contribution >= 4 is 39.8 Å². The van der Waals surface area contributed by atoms with E-state index in [2.05, 4.69) is 4.98 Å². The number of pyridine rings is 1. The molecule has 0 atom stereocenters. The standard InChI is InChI=1S/C25H26Cl2N2O4/c1-12-16(26)9-8-13-17(27)11-18(28-20(12)13)19-22(30)15(25(5,6)7)10-14(24(2,3)4)21(23(19)31)29(32)33/h8-11,30H,1-7H3. The average molecular weight is 489 g/mol. The van der Waals surface area contributed by atoms with Gasteiger partial charge < -0.3 is 5.11 Å². The van der Waals surface area contributed by atoms with Gasteiger partial charge >= 0.3 is 5.69 Å². The molecule has 1 heterocycles. The maximum atomic E-state index is 13.7. The topological polar surface area (TPSA) is 93.3 Å². The lowest BCUT2D eigenvalue weighted by molar-refractivity contribution is -0.387. The number of nitrogens with zero attached hydrogens (tertiary/aromatic N) is 2. The molecule has 33 heavy (non-hydrogen) atoms. The van der Waals surface area contributed by atoms with Gasteiger partial charge in [-0.15, -0.1) is 0 Å². The summed E-state index contributed by atoms with van der Waals surface area (Å²) < 4.78 is 0. The molecule has 8 heteroatoms. The van der Waals surface area contributed by atoms with E-state index in [4.69, 9.17) is 23.2 Å². The molecular weight excluding hydrogens is 463 g/mol. The summed E-state index contributed by atoms with van der Waals surface area (Å²) in [5, 5.41) is 24.9. The first kappa shape index (κ1) is 24.9. The SMILES string of the molecule is Cc1c(Cl)ccc2c(Cl)cc(-c3c(O)c(C(C)(C)C)cc(C(C)(C)C)c([N+](=O)[O-])c3=O)nc12. The fraction of sp³-hybridized carbons (Fsp3) is 0.360. The van der Waals surface area contributed by atoms with Crippen LogP contribution in [-0.2, 0) is 10.8 Å². The van der Waals surface area contributed by atoms with Gasteiger partial charge in [0, 0.05) is 21.5 Å². The van der Waals surface area contributed by atoms with Crippen LogP contribution in [0.4, 0.5) is 5.69 Å². The monoisotopic (exact) mass is 488 g/mol. The fourth-order valence-electron chi connectivity index (χ4n) is 3.82. The smallest absolute Gasteiger partial charge is 0.320 e. The summed E-state index contributed by atoms with van der Waals surface area (Å²) in [6.07, 6.45) is 0. The first-order valence-electron chi connectivity index (χ1n) is 10.4. The van der Waals surface area contributed by atoms with Crippen molar-refractivity contribution in [1.29, 1.82) is 0 Å². The van der Waals surface area contributed by atoms with Crippen molar-refractivity contribution in [3.8, 4) is 17.0 Å². The van der Waals surface area contributed by atoms with Crippen LogP contribution in [0.2, 0.25) is 10.0 Å². The third kappa shape index (κ3) is 4.42. The minimum Gasteiger partial charge on any atom is -0.507 e. The zero-order chi connectivity index (χ0) is 25.0. The summed E-state index contributed by atoms with van der Waals surface area (Å²) in [4.78, 5) is 29.7. The molecule has 0 bridgehead atoms. The lowest BCUT2D eigenvalue weighted by Crippen LogP contribution is -2.19. The van der Waals surface area contributed by atoms with Gasteiger partial charge in [0.05, 0.1) is 26.7 Å². The summed E-state index contributed by atoms with van der Waals surface area (Å²) in [6.45, 7) is 12.7. The van der Waals surface area contributed by atoms with Crippen LogP contribution in [0, 0.1) is 17.0 Å².